The highest BCUT2D eigenvalue weighted by Gasteiger charge is 2.11. The van der Waals surface area contributed by atoms with Gasteiger partial charge in [0.25, 0.3) is 0 Å². The minimum Gasteiger partial charge on any atom is -0.467 e. The van der Waals surface area contributed by atoms with Gasteiger partial charge in [-0.1, -0.05) is 24.3 Å². The molecular weight excluding hydrogens is 254 g/mol. The highest BCUT2D eigenvalue weighted by Crippen LogP contribution is 2.26. The Morgan fingerprint density at radius 2 is 1.90 bits per heavy atom. The molecule has 0 aliphatic rings. The van der Waals surface area contributed by atoms with E-state index in [-0.39, 0.29) is 6.01 Å². The van der Waals surface area contributed by atoms with Crippen LogP contribution in [0.2, 0.25) is 0 Å². The molecule has 0 unspecified atom stereocenters. The van der Waals surface area contributed by atoms with Crippen LogP contribution < -0.4 is 10.1 Å². The Morgan fingerprint density at radius 1 is 1.05 bits per heavy atom. The fourth-order valence-corrected chi connectivity index (χ4v) is 1.97. The van der Waals surface area contributed by atoms with Gasteiger partial charge < -0.3 is 10.1 Å². The van der Waals surface area contributed by atoms with Crippen LogP contribution in [0, 0.1) is 0 Å². The van der Waals surface area contributed by atoms with Crippen molar-refractivity contribution in [2.45, 2.75) is 0 Å². The first-order valence-corrected chi connectivity index (χ1v) is 6.13. The summed E-state index contributed by atoms with van der Waals surface area (Å²) in [6.45, 7) is 0. The predicted octanol–water partition coefficient (Wildman–Crippen LogP) is 2.14. The molecule has 0 bridgehead atoms. The molecule has 0 radical (unpaired) electrons. The molecule has 0 atom stereocenters. The quantitative estimate of drug-likeness (QED) is 0.783. The highest BCUT2D eigenvalue weighted by atomic mass is 16.5. The van der Waals surface area contributed by atoms with Crippen LogP contribution in [0.4, 0.5) is 5.95 Å². The number of anilines is 1. The molecule has 0 fully saturated rings. The summed E-state index contributed by atoms with van der Waals surface area (Å²) in [5.74, 6) is 0.991. The number of nitrogens with zero attached hydrogens (tertiary/aromatic N) is 4. The maximum atomic E-state index is 5.11. The van der Waals surface area contributed by atoms with E-state index >= 15 is 0 Å². The molecular formula is C14H13N5O. The Balaban J connectivity index is 2.25. The van der Waals surface area contributed by atoms with Gasteiger partial charge in [-0.2, -0.15) is 15.0 Å². The van der Waals surface area contributed by atoms with Crippen LogP contribution in [0.25, 0.3) is 22.2 Å². The van der Waals surface area contributed by atoms with Crippen molar-refractivity contribution in [2.24, 2.45) is 0 Å². The van der Waals surface area contributed by atoms with Crippen LogP contribution in [-0.2, 0) is 0 Å². The third-order valence-electron chi connectivity index (χ3n) is 2.93. The molecule has 1 aromatic carbocycles. The van der Waals surface area contributed by atoms with Gasteiger partial charge in [0, 0.05) is 30.4 Å². The van der Waals surface area contributed by atoms with Crippen LogP contribution in [0.1, 0.15) is 0 Å². The summed E-state index contributed by atoms with van der Waals surface area (Å²) in [7, 11) is 3.28. The van der Waals surface area contributed by atoms with Crippen molar-refractivity contribution in [3.8, 4) is 17.4 Å². The van der Waals surface area contributed by atoms with E-state index in [0.717, 1.165) is 16.3 Å². The van der Waals surface area contributed by atoms with Gasteiger partial charge in [-0.15, -0.1) is 0 Å². The van der Waals surface area contributed by atoms with Gasteiger partial charge in [0.2, 0.25) is 5.95 Å². The van der Waals surface area contributed by atoms with Gasteiger partial charge in [-0.3, -0.25) is 4.98 Å². The molecule has 2 aromatic heterocycles. The maximum Gasteiger partial charge on any atom is 0.321 e. The van der Waals surface area contributed by atoms with Crippen molar-refractivity contribution in [2.75, 3.05) is 19.5 Å². The van der Waals surface area contributed by atoms with Crippen molar-refractivity contribution in [3.63, 3.8) is 0 Å². The summed E-state index contributed by atoms with van der Waals surface area (Å²) in [4.78, 5) is 17.0. The lowest BCUT2D eigenvalue weighted by Crippen LogP contribution is -2.03. The number of rotatable bonds is 3. The van der Waals surface area contributed by atoms with E-state index in [9.17, 15) is 0 Å². The van der Waals surface area contributed by atoms with E-state index in [1.54, 1.807) is 13.2 Å². The van der Waals surface area contributed by atoms with E-state index < -0.39 is 0 Å². The third-order valence-corrected chi connectivity index (χ3v) is 2.93. The summed E-state index contributed by atoms with van der Waals surface area (Å²) in [6.07, 6.45) is 3.56. The fraction of sp³-hybridized carbons (Fsp3) is 0.143. The average molecular weight is 267 g/mol. The summed E-state index contributed by atoms with van der Waals surface area (Å²) in [5.41, 5.74) is 0.848. The second-order valence-corrected chi connectivity index (χ2v) is 4.13. The Kier molecular flexibility index (Phi) is 3.12. The molecule has 3 aromatic rings. The lowest BCUT2D eigenvalue weighted by Gasteiger charge is -2.07. The predicted molar refractivity (Wildman–Crippen MR) is 76.7 cm³/mol. The van der Waals surface area contributed by atoms with Gasteiger partial charge in [-0.25, -0.2) is 0 Å². The van der Waals surface area contributed by atoms with Crippen LogP contribution in [0.5, 0.6) is 6.01 Å². The molecule has 100 valence electrons. The van der Waals surface area contributed by atoms with Gasteiger partial charge in [0.15, 0.2) is 5.82 Å². The van der Waals surface area contributed by atoms with Gasteiger partial charge in [0.05, 0.1) is 7.11 Å². The molecule has 0 aliphatic carbocycles. The number of nitrogens with one attached hydrogen (secondary N) is 1. The van der Waals surface area contributed by atoms with Crippen molar-refractivity contribution >= 4 is 16.7 Å². The number of methoxy groups -OCH3 is 1. The van der Waals surface area contributed by atoms with E-state index in [4.69, 9.17) is 4.74 Å². The van der Waals surface area contributed by atoms with Crippen molar-refractivity contribution < 1.29 is 4.74 Å². The molecule has 1 N–H and O–H groups in total. The number of aromatic nitrogens is 4. The second kappa shape index (κ2) is 5.08. The number of fused-ring (bicyclic) bond motifs is 1. The SMILES string of the molecule is CNc1nc(OC)nc(-c2cncc3ccccc23)n1. The summed E-state index contributed by atoms with van der Waals surface area (Å²) < 4.78 is 5.11. The zero-order valence-electron chi connectivity index (χ0n) is 11.2. The van der Waals surface area contributed by atoms with Crippen molar-refractivity contribution in [1.29, 1.82) is 0 Å². The molecule has 0 saturated heterocycles. The fourth-order valence-electron chi connectivity index (χ4n) is 1.97. The average Bonchev–Trinajstić information content (AvgIpc) is 2.53. The number of hydrogen-bond acceptors (Lipinski definition) is 6. The van der Waals surface area contributed by atoms with E-state index in [0.29, 0.717) is 11.8 Å². The Bertz CT molecular complexity index is 732. The van der Waals surface area contributed by atoms with Crippen LogP contribution in [0.3, 0.4) is 0 Å². The van der Waals surface area contributed by atoms with Gasteiger partial charge >= 0.3 is 6.01 Å². The molecule has 0 saturated carbocycles. The Labute approximate surface area is 115 Å². The molecule has 6 nitrogen and oxygen atoms in total. The monoisotopic (exact) mass is 267 g/mol. The van der Waals surface area contributed by atoms with Crippen LogP contribution >= 0.6 is 0 Å². The number of ether oxygens (including phenoxy) is 1. The first-order chi connectivity index (χ1) is 9.81. The van der Waals surface area contributed by atoms with E-state index in [1.165, 1.54) is 7.11 Å². The molecule has 0 spiro atoms. The zero-order chi connectivity index (χ0) is 13.9. The van der Waals surface area contributed by atoms with Crippen molar-refractivity contribution in [3.05, 3.63) is 36.7 Å². The summed E-state index contributed by atoms with van der Waals surface area (Å²) in [6, 6.07) is 8.24. The number of benzene rings is 1. The lowest BCUT2D eigenvalue weighted by molar-refractivity contribution is 0.379. The van der Waals surface area contributed by atoms with E-state index in [2.05, 4.69) is 25.3 Å². The van der Waals surface area contributed by atoms with Crippen LogP contribution in [0.15, 0.2) is 36.7 Å². The topological polar surface area (TPSA) is 72.8 Å². The van der Waals surface area contributed by atoms with Crippen molar-refractivity contribution in [1.82, 2.24) is 19.9 Å². The summed E-state index contributed by atoms with van der Waals surface area (Å²) in [5, 5.41) is 4.97. The molecule has 0 aliphatic heterocycles. The maximum absolute atomic E-state index is 5.11. The Hall–Kier alpha value is -2.76. The Morgan fingerprint density at radius 3 is 2.70 bits per heavy atom. The minimum absolute atomic E-state index is 0.271. The normalized spacial score (nSPS) is 10.5. The molecule has 20 heavy (non-hydrogen) atoms. The first kappa shape index (κ1) is 12.3. The lowest BCUT2D eigenvalue weighted by atomic mass is 10.1. The minimum atomic E-state index is 0.271. The molecule has 6 heteroatoms. The van der Waals surface area contributed by atoms with E-state index in [1.807, 2.05) is 30.5 Å². The number of pyridine rings is 1. The smallest absolute Gasteiger partial charge is 0.321 e. The van der Waals surface area contributed by atoms with Gasteiger partial charge in [0.1, 0.15) is 0 Å². The first-order valence-electron chi connectivity index (χ1n) is 6.13. The molecule has 3 rings (SSSR count). The zero-order valence-corrected chi connectivity index (χ0v) is 11.2. The third kappa shape index (κ3) is 2.11. The largest absolute Gasteiger partial charge is 0.467 e. The van der Waals surface area contributed by atoms with Gasteiger partial charge in [-0.05, 0) is 5.39 Å². The highest BCUT2D eigenvalue weighted by molar-refractivity contribution is 5.94. The van der Waals surface area contributed by atoms with Crippen LogP contribution in [-0.4, -0.2) is 34.1 Å². The molecule has 2 heterocycles. The standard InChI is InChI=1S/C14H13N5O/c1-15-13-17-12(18-14(19-13)20-2)11-8-16-7-9-5-3-4-6-10(9)11/h3-8H,1-2H3,(H,15,17,18,19). The number of hydrogen-bond donors (Lipinski definition) is 1. The molecule has 0 amide bonds. The summed E-state index contributed by atoms with van der Waals surface area (Å²) >= 11 is 0. The second-order valence-electron chi connectivity index (χ2n) is 4.13.